The van der Waals surface area contributed by atoms with Crippen molar-refractivity contribution in [3.63, 3.8) is 0 Å². The number of carbonyl (C=O) groups is 2. The van der Waals surface area contributed by atoms with E-state index in [0.29, 0.717) is 5.56 Å². The number of halogens is 1. The second kappa shape index (κ2) is 11.6. The number of carbonyl (C=O) groups excluding carboxylic acids is 2. The highest BCUT2D eigenvalue weighted by Crippen LogP contribution is 2.41. The number of aliphatic hydroxyl groups excluding tert-OH is 2. The van der Waals surface area contributed by atoms with Crippen LogP contribution in [0, 0.1) is 23.1 Å². The average molecular weight is 556 g/mol. The minimum absolute atomic E-state index is 0.0381. The predicted molar refractivity (Wildman–Crippen MR) is 138 cm³/mol. The van der Waals surface area contributed by atoms with Gasteiger partial charge in [0.05, 0.1) is 18.3 Å². The van der Waals surface area contributed by atoms with Crippen molar-refractivity contribution in [2.45, 2.75) is 56.3 Å². The van der Waals surface area contributed by atoms with E-state index >= 15 is 0 Å². The molecule has 0 saturated carbocycles. The third-order valence-corrected chi connectivity index (χ3v) is 6.80. The summed E-state index contributed by atoms with van der Waals surface area (Å²) in [5, 5.41) is 38.0. The SMILES string of the molecule is CC(C)[C@H](N)C(=O)O[C@H]1[C@@H](O)[C@](C#N)(c2ccc3c(NC(=O)[C@@H](N)Cc4ccc(F)cc4)ncnn23)O[C@@H]1CO. The van der Waals surface area contributed by atoms with Gasteiger partial charge in [-0.1, -0.05) is 26.0 Å². The first-order valence-corrected chi connectivity index (χ1v) is 12.5. The highest BCUT2D eigenvalue weighted by molar-refractivity contribution is 5.97. The van der Waals surface area contributed by atoms with Crippen molar-refractivity contribution in [3.8, 4) is 6.07 Å². The number of esters is 1. The lowest BCUT2D eigenvalue weighted by Crippen LogP contribution is -2.46. The van der Waals surface area contributed by atoms with Crippen LogP contribution in [0.15, 0.2) is 42.7 Å². The van der Waals surface area contributed by atoms with Gasteiger partial charge in [-0.15, -0.1) is 0 Å². The smallest absolute Gasteiger partial charge is 0.323 e. The van der Waals surface area contributed by atoms with E-state index in [1.54, 1.807) is 13.8 Å². The summed E-state index contributed by atoms with van der Waals surface area (Å²) >= 11 is 0. The zero-order valence-corrected chi connectivity index (χ0v) is 21.8. The molecule has 6 atom stereocenters. The number of anilines is 1. The maximum atomic E-state index is 13.2. The Morgan fingerprint density at radius 3 is 2.60 bits per heavy atom. The molecule has 0 bridgehead atoms. The molecule has 13 nitrogen and oxygen atoms in total. The minimum atomic E-state index is -2.11. The van der Waals surface area contributed by atoms with Gasteiger partial charge in [-0.05, 0) is 42.2 Å². The summed E-state index contributed by atoms with van der Waals surface area (Å²) in [7, 11) is 0. The molecule has 0 unspecified atom stereocenters. The number of fused-ring (bicyclic) bond motifs is 1. The molecule has 1 fully saturated rings. The Hall–Kier alpha value is -4.00. The zero-order valence-electron chi connectivity index (χ0n) is 21.8. The van der Waals surface area contributed by atoms with Crippen LogP contribution in [0.3, 0.4) is 0 Å². The lowest BCUT2D eigenvalue weighted by atomic mass is 9.92. The molecule has 0 spiro atoms. The molecule has 40 heavy (non-hydrogen) atoms. The van der Waals surface area contributed by atoms with Gasteiger partial charge in [-0.25, -0.2) is 13.9 Å². The summed E-state index contributed by atoms with van der Waals surface area (Å²) in [4.78, 5) is 29.4. The molecule has 0 aliphatic carbocycles. The van der Waals surface area contributed by atoms with E-state index in [-0.39, 0.29) is 29.4 Å². The van der Waals surface area contributed by atoms with Crippen LogP contribution < -0.4 is 16.8 Å². The normalized spacial score (nSPS) is 24.0. The molecule has 1 amide bonds. The van der Waals surface area contributed by atoms with Gasteiger partial charge in [0.2, 0.25) is 11.5 Å². The van der Waals surface area contributed by atoms with E-state index in [1.165, 1.54) is 40.9 Å². The number of nitriles is 1. The standard InChI is InChI=1S/C26H30FN7O6/c1-13(2)20(30)25(38)39-21-18(10-35)40-26(11-28,22(21)36)19-8-7-17-23(31-12-32-34(17)19)33-24(37)16(29)9-14-3-5-15(27)6-4-14/h3-8,12-13,16,18,20-22,35-36H,9-10,29-30H2,1-2H3,(H,31,32,33,37)/t16-,18+,20-,21+,22+,26-/m0/s1. The van der Waals surface area contributed by atoms with Crippen molar-refractivity contribution in [2.24, 2.45) is 17.4 Å². The molecule has 2 aromatic heterocycles. The van der Waals surface area contributed by atoms with Crippen molar-refractivity contribution in [3.05, 3.63) is 59.8 Å². The lowest BCUT2D eigenvalue weighted by molar-refractivity contribution is -0.159. The van der Waals surface area contributed by atoms with Crippen LogP contribution in [0.2, 0.25) is 0 Å². The Balaban J connectivity index is 1.60. The Bertz CT molecular complexity index is 1430. The zero-order chi connectivity index (χ0) is 29.2. The Kier molecular flexibility index (Phi) is 8.43. The molecule has 14 heteroatoms. The number of nitrogens with zero attached hydrogens (tertiary/aromatic N) is 4. The highest BCUT2D eigenvalue weighted by atomic mass is 19.1. The molecule has 1 aromatic carbocycles. The predicted octanol–water partition coefficient (Wildman–Crippen LogP) is -0.257. The van der Waals surface area contributed by atoms with Gasteiger partial charge in [0, 0.05) is 0 Å². The van der Waals surface area contributed by atoms with Crippen LogP contribution >= 0.6 is 0 Å². The van der Waals surface area contributed by atoms with Gasteiger partial charge >= 0.3 is 5.97 Å². The Morgan fingerprint density at radius 1 is 1.27 bits per heavy atom. The fourth-order valence-corrected chi connectivity index (χ4v) is 4.43. The fraction of sp³-hybridized carbons (Fsp3) is 0.423. The summed E-state index contributed by atoms with van der Waals surface area (Å²) in [6, 6.07) is 8.47. The molecule has 3 heterocycles. The Labute approximate surface area is 228 Å². The summed E-state index contributed by atoms with van der Waals surface area (Å²) in [5.41, 5.74) is 10.7. The van der Waals surface area contributed by atoms with Crippen LogP contribution in [-0.2, 0) is 31.1 Å². The summed E-state index contributed by atoms with van der Waals surface area (Å²) < 4.78 is 25.6. The van der Waals surface area contributed by atoms with E-state index in [1.807, 2.05) is 6.07 Å². The first-order valence-electron chi connectivity index (χ1n) is 12.5. The van der Waals surface area contributed by atoms with Crippen LogP contribution in [-0.4, -0.2) is 73.7 Å². The van der Waals surface area contributed by atoms with Crippen LogP contribution in [0.25, 0.3) is 5.52 Å². The second-order valence-corrected chi connectivity index (χ2v) is 9.85. The van der Waals surface area contributed by atoms with Crippen LogP contribution in [0.1, 0.15) is 25.1 Å². The van der Waals surface area contributed by atoms with Gasteiger partial charge in [0.15, 0.2) is 11.9 Å². The second-order valence-electron chi connectivity index (χ2n) is 9.85. The number of nitrogens with two attached hydrogens (primary N) is 2. The topological polar surface area (TPSA) is 211 Å². The van der Waals surface area contributed by atoms with Crippen molar-refractivity contribution < 1.29 is 33.7 Å². The molecule has 4 rings (SSSR count). The number of nitrogens with one attached hydrogen (secondary N) is 1. The van der Waals surface area contributed by atoms with Crippen molar-refractivity contribution in [1.29, 1.82) is 5.26 Å². The average Bonchev–Trinajstić information content (AvgIpc) is 3.49. The molecular weight excluding hydrogens is 525 g/mol. The third kappa shape index (κ3) is 5.37. The molecule has 1 aliphatic heterocycles. The molecular formula is C26H30FN7O6. The monoisotopic (exact) mass is 555 g/mol. The van der Waals surface area contributed by atoms with Gasteiger partial charge in [-0.3, -0.25) is 9.59 Å². The summed E-state index contributed by atoms with van der Waals surface area (Å²) in [5.74, 6) is -2.00. The van der Waals surface area contributed by atoms with E-state index in [0.717, 1.165) is 6.33 Å². The molecule has 1 aliphatic rings. The van der Waals surface area contributed by atoms with Crippen molar-refractivity contribution >= 4 is 23.2 Å². The molecule has 3 aromatic rings. The number of hydrogen-bond acceptors (Lipinski definition) is 11. The number of rotatable bonds is 9. The van der Waals surface area contributed by atoms with Crippen LogP contribution in [0.5, 0.6) is 0 Å². The number of ether oxygens (including phenoxy) is 2. The molecule has 7 N–H and O–H groups in total. The minimum Gasteiger partial charge on any atom is -0.455 e. The number of aliphatic hydroxyl groups is 2. The maximum Gasteiger partial charge on any atom is 0.323 e. The largest absolute Gasteiger partial charge is 0.455 e. The first kappa shape index (κ1) is 29.0. The molecule has 212 valence electrons. The van der Waals surface area contributed by atoms with Crippen LogP contribution in [0.4, 0.5) is 10.2 Å². The lowest BCUT2D eigenvalue weighted by Gasteiger charge is -2.25. The van der Waals surface area contributed by atoms with Crippen molar-refractivity contribution in [1.82, 2.24) is 14.6 Å². The number of aromatic nitrogens is 3. The number of amides is 1. The molecule has 0 radical (unpaired) electrons. The number of benzene rings is 1. The Morgan fingerprint density at radius 2 is 1.98 bits per heavy atom. The highest BCUT2D eigenvalue weighted by Gasteiger charge is 2.59. The van der Waals surface area contributed by atoms with Gasteiger partial charge in [0.25, 0.3) is 0 Å². The third-order valence-electron chi connectivity index (χ3n) is 6.80. The van der Waals surface area contributed by atoms with Gasteiger partial charge in [0.1, 0.15) is 42.0 Å². The number of hydrogen-bond donors (Lipinski definition) is 5. The van der Waals surface area contributed by atoms with E-state index in [4.69, 9.17) is 20.9 Å². The van der Waals surface area contributed by atoms with E-state index < -0.39 is 60.3 Å². The van der Waals surface area contributed by atoms with E-state index in [9.17, 15) is 29.5 Å². The summed E-state index contributed by atoms with van der Waals surface area (Å²) in [6.07, 6.45) is -3.12. The van der Waals surface area contributed by atoms with E-state index in [2.05, 4.69) is 15.4 Å². The van der Waals surface area contributed by atoms with Gasteiger partial charge in [-0.2, -0.15) is 10.4 Å². The summed E-state index contributed by atoms with van der Waals surface area (Å²) in [6.45, 7) is 2.77. The molecule has 1 saturated heterocycles. The van der Waals surface area contributed by atoms with Crippen molar-refractivity contribution in [2.75, 3.05) is 11.9 Å². The fourth-order valence-electron chi connectivity index (χ4n) is 4.43. The quantitative estimate of drug-likeness (QED) is 0.217. The van der Waals surface area contributed by atoms with Gasteiger partial charge < -0.3 is 36.5 Å². The first-order chi connectivity index (χ1) is 19.0. The maximum absolute atomic E-state index is 13.2.